The van der Waals surface area contributed by atoms with Crippen LogP contribution in [0.3, 0.4) is 0 Å². The molecule has 0 atom stereocenters. The van der Waals surface area contributed by atoms with Crippen molar-refractivity contribution in [1.82, 2.24) is 4.90 Å². The van der Waals surface area contributed by atoms with Crippen molar-refractivity contribution in [1.29, 1.82) is 0 Å². The minimum atomic E-state index is -0.497. The number of benzene rings is 1. The van der Waals surface area contributed by atoms with Gasteiger partial charge in [0.15, 0.2) is 0 Å². The van der Waals surface area contributed by atoms with E-state index in [0.717, 1.165) is 38.9 Å². The van der Waals surface area contributed by atoms with Gasteiger partial charge in [-0.15, -0.1) is 0 Å². The Morgan fingerprint density at radius 1 is 1.16 bits per heavy atom. The molecule has 0 amide bonds. The second kappa shape index (κ2) is 6.06. The summed E-state index contributed by atoms with van der Waals surface area (Å²) in [6, 6.07) is 8.56. The lowest BCUT2D eigenvalue weighted by atomic mass is 9.85. The number of hydrogen-bond acceptors (Lipinski definition) is 2. The Morgan fingerprint density at radius 3 is 2.26 bits per heavy atom. The third-order valence-corrected chi connectivity index (χ3v) is 4.06. The third-order valence-electron chi connectivity index (χ3n) is 4.06. The molecule has 106 valence electrons. The Morgan fingerprint density at radius 2 is 1.74 bits per heavy atom. The number of aryl methyl sites for hydroxylation is 1. The zero-order valence-electron chi connectivity index (χ0n) is 12.5. The van der Waals surface area contributed by atoms with Crippen LogP contribution in [0.5, 0.6) is 0 Å². The van der Waals surface area contributed by atoms with Gasteiger partial charge in [0.25, 0.3) is 0 Å². The zero-order valence-corrected chi connectivity index (χ0v) is 12.5. The van der Waals surface area contributed by atoms with Gasteiger partial charge in [0, 0.05) is 26.1 Å². The molecule has 1 N–H and O–H groups in total. The van der Waals surface area contributed by atoms with E-state index < -0.39 is 5.60 Å². The fourth-order valence-electron chi connectivity index (χ4n) is 2.93. The number of nitrogens with zero attached hydrogens (tertiary/aromatic N) is 1. The van der Waals surface area contributed by atoms with Gasteiger partial charge in [0.05, 0.1) is 5.60 Å². The van der Waals surface area contributed by atoms with E-state index in [-0.39, 0.29) is 0 Å². The molecule has 1 aliphatic rings. The molecule has 1 heterocycles. The van der Waals surface area contributed by atoms with E-state index >= 15 is 0 Å². The lowest BCUT2D eigenvalue weighted by Crippen LogP contribution is -2.46. The molecule has 0 spiro atoms. The van der Waals surface area contributed by atoms with Crippen LogP contribution in [-0.2, 0) is 6.42 Å². The molecule has 0 bridgehead atoms. The number of piperidine rings is 1. The van der Waals surface area contributed by atoms with E-state index in [1.54, 1.807) is 0 Å². The molecule has 0 unspecified atom stereocenters. The molecule has 1 aromatic carbocycles. The highest BCUT2D eigenvalue weighted by Crippen LogP contribution is 2.26. The zero-order chi connectivity index (χ0) is 13.9. The highest BCUT2D eigenvalue weighted by molar-refractivity contribution is 5.23. The van der Waals surface area contributed by atoms with Gasteiger partial charge in [-0.1, -0.05) is 43.7 Å². The third kappa shape index (κ3) is 4.32. The normalized spacial score (nSPS) is 19.8. The van der Waals surface area contributed by atoms with Crippen LogP contribution < -0.4 is 0 Å². The highest BCUT2D eigenvalue weighted by Gasteiger charge is 2.32. The minimum absolute atomic E-state index is 0.497. The van der Waals surface area contributed by atoms with E-state index in [4.69, 9.17) is 0 Å². The second-order valence-electron chi connectivity index (χ2n) is 6.58. The molecule has 0 saturated carbocycles. The summed E-state index contributed by atoms with van der Waals surface area (Å²) in [7, 11) is 0. The Hall–Kier alpha value is -0.860. The standard InChI is InChI=1S/C17H27NO/c1-14(2)13-18-10-8-17(19,9-11-18)12-16-6-4-15(3)5-7-16/h4-7,14,19H,8-13H2,1-3H3. The monoisotopic (exact) mass is 261 g/mol. The van der Waals surface area contributed by atoms with Crippen LogP contribution in [0.1, 0.15) is 37.8 Å². The van der Waals surface area contributed by atoms with Gasteiger partial charge in [0.2, 0.25) is 0 Å². The quantitative estimate of drug-likeness (QED) is 0.900. The molecule has 1 saturated heterocycles. The fourth-order valence-corrected chi connectivity index (χ4v) is 2.93. The van der Waals surface area contributed by atoms with Gasteiger partial charge < -0.3 is 10.0 Å². The van der Waals surface area contributed by atoms with Crippen molar-refractivity contribution < 1.29 is 5.11 Å². The molecule has 2 rings (SSSR count). The number of rotatable bonds is 4. The predicted octanol–water partition coefficient (Wildman–Crippen LogP) is 3.02. The van der Waals surface area contributed by atoms with Crippen LogP contribution in [0.4, 0.5) is 0 Å². The Bertz CT molecular complexity index is 388. The van der Waals surface area contributed by atoms with Gasteiger partial charge in [-0.25, -0.2) is 0 Å². The Balaban J connectivity index is 1.89. The summed E-state index contributed by atoms with van der Waals surface area (Å²) in [5.74, 6) is 0.711. The first-order valence-corrected chi connectivity index (χ1v) is 7.47. The number of likely N-dealkylation sites (tertiary alicyclic amines) is 1. The van der Waals surface area contributed by atoms with Gasteiger partial charge in [-0.3, -0.25) is 0 Å². The van der Waals surface area contributed by atoms with E-state index in [9.17, 15) is 5.11 Å². The largest absolute Gasteiger partial charge is 0.389 e. The van der Waals surface area contributed by atoms with E-state index in [1.165, 1.54) is 11.1 Å². The van der Waals surface area contributed by atoms with E-state index in [0.29, 0.717) is 5.92 Å². The van der Waals surface area contributed by atoms with Crippen molar-refractivity contribution in [3.63, 3.8) is 0 Å². The van der Waals surface area contributed by atoms with Crippen molar-refractivity contribution in [2.24, 2.45) is 5.92 Å². The molecular formula is C17H27NO. The summed E-state index contributed by atoms with van der Waals surface area (Å²) in [5.41, 5.74) is 2.04. The van der Waals surface area contributed by atoms with Crippen LogP contribution in [0.15, 0.2) is 24.3 Å². The molecule has 0 aromatic heterocycles. The number of hydrogen-bond donors (Lipinski definition) is 1. The van der Waals surface area contributed by atoms with Crippen molar-refractivity contribution in [3.05, 3.63) is 35.4 Å². The summed E-state index contributed by atoms with van der Waals surface area (Å²) < 4.78 is 0. The van der Waals surface area contributed by atoms with Crippen molar-refractivity contribution in [2.45, 2.75) is 45.6 Å². The van der Waals surface area contributed by atoms with Gasteiger partial charge in [0.1, 0.15) is 0 Å². The van der Waals surface area contributed by atoms with Crippen molar-refractivity contribution >= 4 is 0 Å². The van der Waals surface area contributed by atoms with Crippen LogP contribution in [-0.4, -0.2) is 35.2 Å². The first-order chi connectivity index (χ1) is 8.97. The van der Waals surface area contributed by atoms with Gasteiger partial charge in [-0.05, 0) is 31.2 Å². The summed E-state index contributed by atoms with van der Waals surface area (Å²) in [6.07, 6.45) is 2.59. The maximum atomic E-state index is 10.7. The van der Waals surface area contributed by atoms with Crippen LogP contribution in [0, 0.1) is 12.8 Å². The molecule has 0 aliphatic carbocycles. The van der Waals surface area contributed by atoms with Crippen LogP contribution in [0.25, 0.3) is 0 Å². The smallest absolute Gasteiger partial charge is 0.0712 e. The average Bonchev–Trinajstić information content (AvgIpc) is 2.35. The Labute approximate surface area is 117 Å². The lowest BCUT2D eigenvalue weighted by Gasteiger charge is -2.39. The SMILES string of the molecule is Cc1ccc(CC2(O)CCN(CC(C)C)CC2)cc1. The maximum Gasteiger partial charge on any atom is 0.0712 e. The predicted molar refractivity (Wildman–Crippen MR) is 80.3 cm³/mol. The van der Waals surface area contributed by atoms with Gasteiger partial charge >= 0.3 is 0 Å². The van der Waals surface area contributed by atoms with Gasteiger partial charge in [-0.2, -0.15) is 0 Å². The fraction of sp³-hybridized carbons (Fsp3) is 0.647. The van der Waals surface area contributed by atoms with E-state index in [2.05, 4.69) is 49.9 Å². The lowest BCUT2D eigenvalue weighted by molar-refractivity contribution is -0.0227. The Kier molecular flexibility index (Phi) is 4.64. The molecular weight excluding hydrogens is 234 g/mol. The minimum Gasteiger partial charge on any atom is -0.389 e. The first kappa shape index (κ1) is 14.5. The van der Waals surface area contributed by atoms with Crippen molar-refractivity contribution in [3.8, 4) is 0 Å². The number of aliphatic hydroxyl groups is 1. The van der Waals surface area contributed by atoms with Crippen molar-refractivity contribution in [2.75, 3.05) is 19.6 Å². The molecule has 0 radical (unpaired) electrons. The van der Waals surface area contributed by atoms with Crippen LogP contribution >= 0.6 is 0 Å². The molecule has 1 aromatic rings. The highest BCUT2D eigenvalue weighted by atomic mass is 16.3. The summed E-state index contributed by atoms with van der Waals surface area (Å²) in [6.45, 7) is 9.82. The average molecular weight is 261 g/mol. The molecule has 2 heteroatoms. The molecule has 1 aliphatic heterocycles. The maximum absolute atomic E-state index is 10.7. The second-order valence-corrected chi connectivity index (χ2v) is 6.58. The topological polar surface area (TPSA) is 23.5 Å². The summed E-state index contributed by atoms with van der Waals surface area (Å²) in [5, 5.41) is 10.7. The molecule has 19 heavy (non-hydrogen) atoms. The first-order valence-electron chi connectivity index (χ1n) is 7.47. The summed E-state index contributed by atoms with van der Waals surface area (Å²) >= 11 is 0. The molecule has 2 nitrogen and oxygen atoms in total. The molecule has 1 fully saturated rings. The summed E-state index contributed by atoms with van der Waals surface area (Å²) in [4.78, 5) is 2.48. The van der Waals surface area contributed by atoms with Crippen LogP contribution in [0.2, 0.25) is 0 Å². The van der Waals surface area contributed by atoms with E-state index in [1.807, 2.05) is 0 Å².